The fourth-order valence-corrected chi connectivity index (χ4v) is 9.07. The summed E-state index contributed by atoms with van der Waals surface area (Å²) in [6.45, 7) is 4.28. The number of aliphatic hydroxyl groups is 1. The number of anilines is 1. The number of fused-ring (bicyclic) bond motifs is 1. The minimum Gasteiger partial charge on any atom is -0.394 e. The Bertz CT molecular complexity index is 1180. The van der Waals surface area contributed by atoms with E-state index in [2.05, 4.69) is 17.6 Å². The van der Waals surface area contributed by atoms with E-state index >= 15 is 0 Å². The van der Waals surface area contributed by atoms with Crippen LogP contribution in [0.4, 0.5) is 5.69 Å². The first kappa shape index (κ1) is 26.1. The van der Waals surface area contributed by atoms with Crippen molar-refractivity contribution in [3.05, 3.63) is 65.2 Å². The van der Waals surface area contributed by atoms with Gasteiger partial charge in [0.15, 0.2) is 0 Å². The number of likely N-dealkylation sites (tertiary alicyclic amines) is 1. The van der Waals surface area contributed by atoms with Crippen LogP contribution in [0.25, 0.3) is 0 Å². The molecule has 9 heteroatoms. The van der Waals surface area contributed by atoms with Crippen LogP contribution in [-0.4, -0.2) is 56.9 Å². The first-order chi connectivity index (χ1) is 17.8. The molecule has 37 heavy (non-hydrogen) atoms. The van der Waals surface area contributed by atoms with Gasteiger partial charge in [0.05, 0.1) is 29.2 Å². The van der Waals surface area contributed by atoms with Crippen molar-refractivity contribution < 1.29 is 19.5 Å². The molecule has 2 aromatic carbocycles. The second-order valence-corrected chi connectivity index (χ2v) is 12.2. The molecule has 3 heterocycles. The van der Waals surface area contributed by atoms with Crippen LogP contribution in [0, 0.1) is 17.8 Å². The molecule has 0 radical (unpaired) electrons. The number of hydrogen-bond acceptors (Lipinski definition) is 5. The summed E-state index contributed by atoms with van der Waals surface area (Å²) in [4.78, 5) is 43.3. The summed E-state index contributed by atoms with van der Waals surface area (Å²) in [7, 11) is 0. The average Bonchev–Trinajstić information content (AvgIpc) is 3.49. The molecular weight excluding hydrogens is 510 g/mol. The van der Waals surface area contributed by atoms with Crippen LogP contribution < -0.4 is 10.6 Å². The molecule has 3 unspecified atom stereocenters. The Morgan fingerprint density at radius 1 is 1.16 bits per heavy atom. The van der Waals surface area contributed by atoms with E-state index in [1.165, 1.54) is 0 Å². The number of rotatable bonds is 8. The van der Waals surface area contributed by atoms with Gasteiger partial charge in [-0.1, -0.05) is 55.8 Å². The summed E-state index contributed by atoms with van der Waals surface area (Å²) in [6, 6.07) is 14.6. The molecule has 3 amide bonds. The summed E-state index contributed by atoms with van der Waals surface area (Å²) in [5.41, 5.74) is 1.32. The Kier molecular flexibility index (Phi) is 7.27. The van der Waals surface area contributed by atoms with Gasteiger partial charge in [-0.25, -0.2) is 0 Å². The van der Waals surface area contributed by atoms with Gasteiger partial charge < -0.3 is 20.6 Å². The molecule has 0 aliphatic carbocycles. The van der Waals surface area contributed by atoms with Crippen LogP contribution in [-0.2, 0) is 14.4 Å². The summed E-state index contributed by atoms with van der Waals surface area (Å²) in [5, 5.41) is 17.1. The van der Waals surface area contributed by atoms with E-state index in [0.717, 1.165) is 18.4 Å². The number of amides is 3. The van der Waals surface area contributed by atoms with Gasteiger partial charge in [-0.2, -0.15) is 0 Å². The second-order valence-electron chi connectivity index (χ2n) is 10.2. The highest BCUT2D eigenvalue weighted by atomic mass is 35.5. The molecule has 7 atom stereocenters. The second kappa shape index (κ2) is 10.3. The minimum absolute atomic E-state index is 0.0295. The lowest BCUT2D eigenvalue weighted by Crippen LogP contribution is -2.55. The van der Waals surface area contributed by atoms with E-state index in [1.54, 1.807) is 40.9 Å². The third-order valence-corrected chi connectivity index (χ3v) is 10.4. The molecule has 0 aromatic heterocycles. The molecule has 2 bridgehead atoms. The van der Waals surface area contributed by atoms with E-state index in [9.17, 15) is 19.5 Å². The number of thioether (sulfide) groups is 1. The Morgan fingerprint density at radius 3 is 2.51 bits per heavy atom. The predicted molar refractivity (Wildman–Crippen MR) is 145 cm³/mol. The van der Waals surface area contributed by atoms with Crippen molar-refractivity contribution in [2.75, 3.05) is 18.5 Å². The topological polar surface area (TPSA) is 98.7 Å². The number of nitrogens with zero attached hydrogens (tertiary/aromatic N) is 1. The molecule has 3 fully saturated rings. The summed E-state index contributed by atoms with van der Waals surface area (Å²) in [6.07, 6.45) is 1.56. The molecule has 7 nitrogen and oxygen atoms in total. The van der Waals surface area contributed by atoms with Crippen molar-refractivity contribution in [2.45, 2.75) is 48.8 Å². The maximum atomic E-state index is 14.3. The average molecular weight is 542 g/mol. The molecule has 1 spiro atoms. The van der Waals surface area contributed by atoms with Crippen molar-refractivity contribution in [1.29, 1.82) is 0 Å². The first-order valence-corrected chi connectivity index (χ1v) is 14.1. The zero-order chi connectivity index (χ0) is 26.3. The number of carbonyl (C=O) groups excluding carboxylic acids is 3. The quantitative estimate of drug-likeness (QED) is 0.471. The van der Waals surface area contributed by atoms with Gasteiger partial charge in [-0.3, -0.25) is 14.4 Å². The number of aliphatic hydroxyl groups excluding tert-OH is 1. The third-order valence-electron chi connectivity index (χ3n) is 8.09. The predicted octanol–water partition coefficient (Wildman–Crippen LogP) is 3.88. The van der Waals surface area contributed by atoms with E-state index in [0.29, 0.717) is 17.3 Å². The highest BCUT2D eigenvalue weighted by molar-refractivity contribution is 8.02. The highest BCUT2D eigenvalue weighted by Crippen LogP contribution is 2.69. The summed E-state index contributed by atoms with van der Waals surface area (Å²) < 4.78 is -0.769. The molecule has 3 aliphatic heterocycles. The molecule has 3 aliphatic rings. The molecule has 0 saturated carbocycles. The van der Waals surface area contributed by atoms with Crippen molar-refractivity contribution in [1.82, 2.24) is 10.2 Å². The normalized spacial score (nSPS) is 30.8. The SMILES string of the molecule is CCCNC(=O)[C@@H]1[C@H]2C(=O)N([C@H](CO)c3ccccc3)C(C(=O)Nc3ccc(Cl)cc3)C23S[C@@H]1CC3C. The molecule has 2 aromatic rings. The van der Waals surface area contributed by atoms with E-state index in [4.69, 9.17) is 11.6 Å². The highest BCUT2D eigenvalue weighted by Gasteiger charge is 2.76. The maximum absolute atomic E-state index is 14.3. The summed E-state index contributed by atoms with van der Waals surface area (Å²) in [5.74, 6) is -1.79. The number of carbonyl (C=O) groups is 3. The molecule has 196 valence electrons. The van der Waals surface area contributed by atoms with Gasteiger partial charge in [0, 0.05) is 22.5 Å². The standard InChI is InChI=1S/C28H32ClN3O4S/c1-3-13-30-25(34)22-21-14-16(2)28(37-21)23(22)27(36)32(20(15-33)17-7-5-4-6-8-17)24(28)26(35)31-19-11-9-18(29)10-12-19/h4-12,16,20-24,33H,3,13-15H2,1-2H3,(H,30,34)(H,31,35)/t16?,20-,21-,22+,23+,24?,28?/m1/s1. The van der Waals surface area contributed by atoms with Crippen LogP contribution in [0.1, 0.15) is 38.3 Å². The van der Waals surface area contributed by atoms with Crippen molar-refractivity contribution >= 4 is 46.8 Å². The Labute approximate surface area is 226 Å². The Morgan fingerprint density at radius 2 is 1.86 bits per heavy atom. The largest absolute Gasteiger partial charge is 0.394 e. The maximum Gasteiger partial charge on any atom is 0.248 e. The van der Waals surface area contributed by atoms with Crippen LogP contribution in [0.5, 0.6) is 0 Å². The number of nitrogens with one attached hydrogen (secondary N) is 2. The van der Waals surface area contributed by atoms with Crippen LogP contribution in [0.3, 0.4) is 0 Å². The minimum atomic E-state index is -0.855. The zero-order valence-electron chi connectivity index (χ0n) is 20.9. The van der Waals surface area contributed by atoms with Gasteiger partial charge in [-0.15, -0.1) is 11.8 Å². The lowest BCUT2D eigenvalue weighted by Gasteiger charge is -2.40. The number of hydrogen-bond donors (Lipinski definition) is 3. The first-order valence-electron chi connectivity index (χ1n) is 12.8. The van der Waals surface area contributed by atoms with Gasteiger partial charge >= 0.3 is 0 Å². The fourth-order valence-electron chi connectivity index (χ4n) is 6.53. The monoisotopic (exact) mass is 541 g/mol. The van der Waals surface area contributed by atoms with E-state index < -0.39 is 28.7 Å². The van der Waals surface area contributed by atoms with Crippen LogP contribution in [0.15, 0.2) is 54.6 Å². The zero-order valence-corrected chi connectivity index (χ0v) is 22.5. The van der Waals surface area contributed by atoms with Crippen molar-refractivity contribution in [2.24, 2.45) is 17.8 Å². The lowest BCUT2D eigenvalue weighted by atomic mass is 9.66. The van der Waals surface area contributed by atoms with Crippen molar-refractivity contribution in [3.63, 3.8) is 0 Å². The lowest BCUT2D eigenvalue weighted by molar-refractivity contribution is -0.142. The Hall–Kier alpha value is -2.55. The summed E-state index contributed by atoms with van der Waals surface area (Å²) >= 11 is 7.66. The van der Waals surface area contributed by atoms with Crippen molar-refractivity contribution in [3.8, 4) is 0 Å². The van der Waals surface area contributed by atoms with E-state index in [-0.39, 0.29) is 35.5 Å². The van der Waals surface area contributed by atoms with Gasteiger partial charge in [0.25, 0.3) is 0 Å². The number of halogens is 1. The van der Waals surface area contributed by atoms with Gasteiger partial charge in [0.2, 0.25) is 17.7 Å². The van der Waals surface area contributed by atoms with Crippen LogP contribution >= 0.6 is 23.4 Å². The third kappa shape index (κ3) is 4.23. The molecule has 5 rings (SSSR count). The molecule has 3 N–H and O–H groups in total. The van der Waals surface area contributed by atoms with Gasteiger partial charge in [0.1, 0.15) is 6.04 Å². The number of benzene rings is 2. The smallest absolute Gasteiger partial charge is 0.248 e. The Balaban J connectivity index is 1.59. The fraction of sp³-hybridized carbons (Fsp3) is 0.464. The molecule has 3 saturated heterocycles. The van der Waals surface area contributed by atoms with E-state index in [1.807, 2.05) is 37.3 Å². The molecular formula is C28H32ClN3O4S. The van der Waals surface area contributed by atoms with Crippen LogP contribution in [0.2, 0.25) is 5.02 Å². The van der Waals surface area contributed by atoms with Gasteiger partial charge in [-0.05, 0) is 48.6 Å².